The lowest BCUT2D eigenvalue weighted by molar-refractivity contribution is -0.172. The SMILES string of the molecule is C[C@H](CCC(=O)O)C[C@H](C)C[C@H](C)C(=O)/C=C(\O)[C@H](C)C[C@H](C)C/C=C\[C@@H](C)[C@@H](O)[C@@H](C)[C@@H](O)C[C@@H]1CC[C@@](C)([C@H]2CC[C@@](C)([C@@H](C)O)O2)O1. The van der Waals surface area contributed by atoms with Gasteiger partial charge < -0.3 is 35.0 Å². The van der Waals surface area contributed by atoms with Crippen molar-refractivity contribution in [2.75, 3.05) is 0 Å². The number of allylic oxidation sites excluding steroid dienone is 3. The maximum absolute atomic E-state index is 12.8. The van der Waals surface area contributed by atoms with Gasteiger partial charge >= 0.3 is 5.97 Å². The molecule has 0 aromatic carbocycles. The number of ketones is 1. The van der Waals surface area contributed by atoms with Crippen molar-refractivity contribution in [1.29, 1.82) is 0 Å². The largest absolute Gasteiger partial charge is 0.512 e. The van der Waals surface area contributed by atoms with E-state index in [4.69, 9.17) is 14.6 Å². The maximum atomic E-state index is 12.8. The summed E-state index contributed by atoms with van der Waals surface area (Å²) < 4.78 is 12.7. The Morgan fingerprint density at radius 2 is 1.46 bits per heavy atom. The quantitative estimate of drug-likeness (QED) is 0.0431. The Bertz CT molecular complexity index is 1120. The molecule has 0 aromatic heterocycles. The van der Waals surface area contributed by atoms with Crippen LogP contribution in [0.25, 0.3) is 0 Å². The summed E-state index contributed by atoms with van der Waals surface area (Å²) in [5, 5.41) is 51.9. The summed E-state index contributed by atoms with van der Waals surface area (Å²) in [6.45, 7) is 19.7. The normalized spacial score (nSPS) is 30.7. The van der Waals surface area contributed by atoms with Crippen molar-refractivity contribution in [3.8, 4) is 0 Å². The fourth-order valence-electron chi connectivity index (χ4n) is 8.02. The van der Waals surface area contributed by atoms with E-state index in [0.717, 1.165) is 38.5 Å². The van der Waals surface area contributed by atoms with E-state index in [2.05, 4.69) is 33.8 Å². The van der Waals surface area contributed by atoms with Gasteiger partial charge in [0.2, 0.25) is 0 Å². The van der Waals surface area contributed by atoms with Crippen LogP contribution in [0.1, 0.15) is 140 Å². The highest BCUT2D eigenvalue weighted by Crippen LogP contribution is 2.45. The van der Waals surface area contributed by atoms with Crippen molar-refractivity contribution in [1.82, 2.24) is 0 Å². The molecule has 0 bridgehead atoms. The molecule has 2 heterocycles. The zero-order valence-corrected chi connectivity index (χ0v) is 32.8. The minimum atomic E-state index is -0.781. The Hall–Kier alpha value is -1.78. The second kappa shape index (κ2) is 19.9. The van der Waals surface area contributed by atoms with E-state index < -0.39 is 35.5 Å². The van der Waals surface area contributed by atoms with Gasteiger partial charge in [-0.05, 0) is 103 Å². The molecule has 0 unspecified atom stereocenters. The third-order valence-corrected chi connectivity index (χ3v) is 11.9. The lowest BCUT2D eigenvalue weighted by atomic mass is 9.85. The van der Waals surface area contributed by atoms with Crippen LogP contribution in [0.5, 0.6) is 0 Å². The van der Waals surface area contributed by atoms with Crippen LogP contribution in [0, 0.1) is 41.4 Å². The van der Waals surface area contributed by atoms with Crippen LogP contribution in [0.2, 0.25) is 0 Å². The summed E-state index contributed by atoms with van der Waals surface area (Å²) >= 11 is 0. The van der Waals surface area contributed by atoms with Gasteiger partial charge in [-0.3, -0.25) is 9.59 Å². The van der Waals surface area contributed by atoms with Crippen molar-refractivity contribution in [2.45, 2.75) is 182 Å². The van der Waals surface area contributed by atoms with Gasteiger partial charge in [-0.2, -0.15) is 0 Å². The van der Waals surface area contributed by atoms with E-state index in [1.807, 2.05) is 40.7 Å². The summed E-state index contributed by atoms with van der Waals surface area (Å²) in [7, 11) is 0. The molecule has 2 aliphatic rings. The molecule has 2 fully saturated rings. The fraction of sp³-hybridized carbons (Fsp3) is 0.854. The number of aliphatic hydroxyl groups is 4. The van der Waals surface area contributed by atoms with Crippen molar-refractivity contribution >= 4 is 11.8 Å². The van der Waals surface area contributed by atoms with E-state index in [1.54, 1.807) is 6.92 Å². The topological polar surface area (TPSA) is 154 Å². The van der Waals surface area contributed by atoms with E-state index in [-0.39, 0.29) is 71.6 Å². The number of carbonyl (C=O) groups is 2. The van der Waals surface area contributed by atoms with Gasteiger partial charge in [-0.1, -0.05) is 60.6 Å². The van der Waals surface area contributed by atoms with Gasteiger partial charge in [0, 0.05) is 36.2 Å². The molecule has 0 aromatic rings. The molecule has 0 saturated carbocycles. The molecule has 50 heavy (non-hydrogen) atoms. The van der Waals surface area contributed by atoms with Gasteiger partial charge in [0.25, 0.3) is 0 Å². The first-order chi connectivity index (χ1) is 23.2. The van der Waals surface area contributed by atoms with Crippen LogP contribution in [0.4, 0.5) is 0 Å². The van der Waals surface area contributed by atoms with Crippen LogP contribution >= 0.6 is 0 Å². The predicted molar refractivity (Wildman–Crippen MR) is 198 cm³/mol. The Morgan fingerprint density at radius 3 is 2.06 bits per heavy atom. The Labute approximate surface area is 302 Å². The fourth-order valence-corrected chi connectivity index (χ4v) is 8.02. The van der Waals surface area contributed by atoms with Crippen LogP contribution < -0.4 is 0 Å². The Balaban J connectivity index is 1.77. The molecule has 0 aliphatic carbocycles. The summed E-state index contributed by atoms with van der Waals surface area (Å²) in [6, 6.07) is 0. The average Bonchev–Trinajstić information content (AvgIpc) is 3.63. The molecule has 9 heteroatoms. The molecule has 14 atom stereocenters. The first-order valence-electron chi connectivity index (χ1n) is 19.4. The highest BCUT2D eigenvalue weighted by Gasteiger charge is 2.51. The molecule has 9 nitrogen and oxygen atoms in total. The van der Waals surface area contributed by atoms with E-state index in [9.17, 15) is 30.0 Å². The first kappa shape index (κ1) is 44.4. The summed E-state index contributed by atoms with van der Waals surface area (Å²) in [5.41, 5.74) is -1.01. The van der Waals surface area contributed by atoms with Gasteiger partial charge in [0.05, 0.1) is 47.5 Å². The molecule has 290 valence electrons. The van der Waals surface area contributed by atoms with Crippen molar-refractivity contribution in [3.05, 3.63) is 24.0 Å². The van der Waals surface area contributed by atoms with Crippen LogP contribution in [-0.4, -0.2) is 79.0 Å². The third kappa shape index (κ3) is 13.6. The van der Waals surface area contributed by atoms with Crippen molar-refractivity contribution in [3.63, 3.8) is 0 Å². The Morgan fingerprint density at radius 1 is 0.820 bits per heavy atom. The van der Waals surface area contributed by atoms with E-state index >= 15 is 0 Å². The second-order valence-corrected chi connectivity index (χ2v) is 17.1. The summed E-state index contributed by atoms with van der Waals surface area (Å²) in [6.07, 6.45) is 10.8. The molecule has 0 amide bonds. The number of carboxylic acids is 1. The standard InChI is InChI=1S/C41H72O9/c1-25(21-29(5)34(43)24-35(44)30(6)22-27(3)20-26(2)14-15-38(46)47)12-11-13-28(4)39(48)31(7)36(45)23-33-16-18-41(10,49-33)37-17-19-40(9,50-37)32(8)42/h11,13,24-33,36-37,39,42-43,45,48H,12,14-23H2,1-10H3,(H,46,47)/b13-11-,34-24-/t25-,26-,27+,28-,29-,30+,31+,32-,33+,36+,37-,39-,40+,41+/m1/s1. The molecule has 5 N–H and O–H groups in total. The first-order valence-corrected chi connectivity index (χ1v) is 19.4. The number of ether oxygens (including phenoxy) is 2. The number of carbonyl (C=O) groups excluding carboxylic acids is 1. The van der Waals surface area contributed by atoms with Gasteiger partial charge in [-0.15, -0.1) is 0 Å². The molecular weight excluding hydrogens is 636 g/mol. The summed E-state index contributed by atoms with van der Waals surface area (Å²) in [4.78, 5) is 23.7. The third-order valence-electron chi connectivity index (χ3n) is 11.9. The number of hydrogen-bond donors (Lipinski definition) is 5. The van der Waals surface area contributed by atoms with Gasteiger partial charge in [0.15, 0.2) is 5.78 Å². The van der Waals surface area contributed by atoms with Crippen LogP contribution in [-0.2, 0) is 19.1 Å². The molecule has 0 radical (unpaired) electrons. The number of aliphatic hydroxyl groups excluding tert-OH is 4. The average molecular weight is 709 g/mol. The lowest BCUT2D eigenvalue weighted by Crippen LogP contribution is -2.44. The van der Waals surface area contributed by atoms with Crippen LogP contribution in [0.15, 0.2) is 24.0 Å². The minimum absolute atomic E-state index is 0.0809. The zero-order chi connectivity index (χ0) is 38.0. The van der Waals surface area contributed by atoms with Crippen molar-refractivity contribution < 1.29 is 44.6 Å². The van der Waals surface area contributed by atoms with Gasteiger partial charge in [-0.25, -0.2) is 0 Å². The zero-order valence-electron chi connectivity index (χ0n) is 32.8. The van der Waals surface area contributed by atoms with Crippen LogP contribution in [0.3, 0.4) is 0 Å². The number of hydrogen-bond acceptors (Lipinski definition) is 8. The van der Waals surface area contributed by atoms with E-state index in [0.29, 0.717) is 25.7 Å². The second-order valence-electron chi connectivity index (χ2n) is 17.1. The Kier molecular flexibility index (Phi) is 17.7. The highest BCUT2D eigenvalue weighted by atomic mass is 16.6. The number of aliphatic carboxylic acids is 1. The molecule has 2 saturated heterocycles. The van der Waals surface area contributed by atoms with E-state index in [1.165, 1.54) is 6.08 Å². The number of rotatable bonds is 22. The highest BCUT2D eigenvalue weighted by molar-refractivity contribution is 5.91. The lowest BCUT2D eigenvalue weighted by Gasteiger charge is -2.35. The molecular formula is C41H72O9. The minimum Gasteiger partial charge on any atom is -0.512 e. The van der Waals surface area contributed by atoms with Gasteiger partial charge in [0.1, 0.15) is 0 Å². The molecule has 2 aliphatic heterocycles. The monoisotopic (exact) mass is 709 g/mol. The predicted octanol–water partition coefficient (Wildman–Crippen LogP) is 7.80. The smallest absolute Gasteiger partial charge is 0.303 e. The van der Waals surface area contributed by atoms with Crippen molar-refractivity contribution in [2.24, 2.45) is 41.4 Å². The maximum Gasteiger partial charge on any atom is 0.303 e. The number of carboxylic acid groups (broad SMARTS) is 1. The molecule has 2 rings (SSSR count). The summed E-state index contributed by atoms with van der Waals surface area (Å²) in [5.74, 6) is -0.810. The molecule has 0 spiro atoms.